The van der Waals surface area contributed by atoms with E-state index >= 15 is 0 Å². The molecule has 3 aromatic carbocycles. The first kappa shape index (κ1) is 25.1. The molecule has 1 fully saturated rings. The van der Waals surface area contributed by atoms with Crippen LogP contribution in [0.25, 0.3) is 0 Å². The van der Waals surface area contributed by atoms with Gasteiger partial charge in [-0.25, -0.2) is 13.8 Å². The summed E-state index contributed by atoms with van der Waals surface area (Å²) >= 11 is 0. The normalized spacial score (nSPS) is 17.1. The lowest BCUT2D eigenvalue weighted by Gasteiger charge is -2.42. The SMILES string of the molecule is CCCC1CN(Nc2ccccc2O)CCN1CCCC(c1ccc(F)cc1)c1ccc(F)cc1. The summed E-state index contributed by atoms with van der Waals surface area (Å²) in [7, 11) is 0. The average molecular weight is 480 g/mol. The van der Waals surface area contributed by atoms with E-state index in [1.165, 1.54) is 24.3 Å². The molecule has 0 aliphatic carbocycles. The van der Waals surface area contributed by atoms with E-state index in [4.69, 9.17) is 0 Å². The number of rotatable bonds is 10. The topological polar surface area (TPSA) is 38.7 Å². The van der Waals surface area contributed by atoms with E-state index in [0.717, 1.165) is 68.7 Å². The summed E-state index contributed by atoms with van der Waals surface area (Å²) in [4.78, 5) is 2.57. The minimum absolute atomic E-state index is 0.102. The smallest absolute Gasteiger partial charge is 0.140 e. The van der Waals surface area contributed by atoms with Gasteiger partial charge in [-0.2, -0.15) is 0 Å². The van der Waals surface area contributed by atoms with E-state index in [0.29, 0.717) is 6.04 Å². The maximum Gasteiger partial charge on any atom is 0.140 e. The monoisotopic (exact) mass is 479 g/mol. The fourth-order valence-electron chi connectivity index (χ4n) is 5.05. The van der Waals surface area contributed by atoms with Crippen LogP contribution in [0.3, 0.4) is 0 Å². The van der Waals surface area contributed by atoms with Gasteiger partial charge in [-0.1, -0.05) is 49.7 Å². The summed E-state index contributed by atoms with van der Waals surface area (Å²) in [6.07, 6.45) is 4.12. The van der Waals surface area contributed by atoms with Gasteiger partial charge >= 0.3 is 0 Å². The second kappa shape index (κ2) is 12.1. The van der Waals surface area contributed by atoms with Crippen molar-refractivity contribution in [3.63, 3.8) is 0 Å². The summed E-state index contributed by atoms with van der Waals surface area (Å²) in [5.74, 6) is -0.131. The van der Waals surface area contributed by atoms with Crippen LogP contribution in [0.15, 0.2) is 72.8 Å². The Bertz CT molecular complexity index is 1010. The number of phenolic OH excluding ortho intramolecular Hbond substituents is 1. The van der Waals surface area contributed by atoms with Crippen LogP contribution in [-0.2, 0) is 0 Å². The third-order valence-electron chi connectivity index (χ3n) is 6.89. The lowest BCUT2D eigenvalue weighted by molar-refractivity contribution is 0.0815. The third kappa shape index (κ3) is 6.80. The Balaban J connectivity index is 1.38. The molecule has 1 saturated heterocycles. The van der Waals surface area contributed by atoms with E-state index in [1.54, 1.807) is 6.07 Å². The molecule has 35 heavy (non-hydrogen) atoms. The van der Waals surface area contributed by atoms with Gasteiger partial charge in [0.05, 0.1) is 5.69 Å². The zero-order chi connectivity index (χ0) is 24.6. The standard InChI is InChI=1S/C29H35F2N3O/c1-2-6-26-21-34(32-28-8-3-4-9-29(28)35)20-19-33(26)18-5-7-27(22-10-14-24(30)15-11-22)23-12-16-25(31)17-13-23/h3-4,8-17,26-27,32,35H,2,5-7,18-21H2,1H3. The van der Waals surface area contributed by atoms with Crippen molar-refractivity contribution in [1.29, 1.82) is 0 Å². The van der Waals surface area contributed by atoms with Crippen molar-refractivity contribution in [2.24, 2.45) is 0 Å². The van der Waals surface area contributed by atoms with E-state index in [2.05, 4.69) is 22.3 Å². The third-order valence-corrected chi connectivity index (χ3v) is 6.89. The van der Waals surface area contributed by atoms with Crippen molar-refractivity contribution < 1.29 is 13.9 Å². The summed E-state index contributed by atoms with van der Waals surface area (Å²) in [6.45, 7) is 5.90. The molecule has 4 rings (SSSR count). The fourth-order valence-corrected chi connectivity index (χ4v) is 5.05. The minimum atomic E-state index is -0.246. The van der Waals surface area contributed by atoms with Gasteiger partial charge in [-0.05, 0) is 73.3 Å². The lowest BCUT2D eigenvalue weighted by atomic mass is 9.87. The van der Waals surface area contributed by atoms with E-state index < -0.39 is 0 Å². The molecule has 2 N–H and O–H groups in total. The van der Waals surface area contributed by atoms with Crippen LogP contribution in [0.2, 0.25) is 0 Å². The molecule has 1 heterocycles. The Kier molecular flexibility index (Phi) is 8.72. The second-order valence-electron chi connectivity index (χ2n) is 9.35. The van der Waals surface area contributed by atoms with E-state index in [9.17, 15) is 13.9 Å². The molecule has 1 aliphatic heterocycles. The van der Waals surface area contributed by atoms with Crippen LogP contribution in [0.1, 0.15) is 49.7 Å². The van der Waals surface area contributed by atoms with Crippen LogP contribution in [-0.4, -0.2) is 47.2 Å². The number of nitrogens with zero attached hydrogens (tertiary/aromatic N) is 2. The molecular formula is C29H35F2N3O. The van der Waals surface area contributed by atoms with Crippen LogP contribution in [0.5, 0.6) is 5.75 Å². The number of nitrogens with one attached hydrogen (secondary N) is 1. The molecule has 0 saturated carbocycles. The van der Waals surface area contributed by atoms with Crippen LogP contribution in [0.4, 0.5) is 14.5 Å². The number of hydrogen-bond donors (Lipinski definition) is 2. The van der Waals surface area contributed by atoms with Crippen molar-refractivity contribution >= 4 is 5.69 Å². The van der Waals surface area contributed by atoms with Gasteiger partial charge in [-0.15, -0.1) is 0 Å². The molecule has 1 atom stereocenters. The number of hydrazine groups is 1. The number of benzene rings is 3. The molecule has 0 bridgehead atoms. The maximum absolute atomic E-state index is 13.5. The van der Waals surface area contributed by atoms with Gasteiger partial charge in [0.2, 0.25) is 0 Å². The first-order valence-electron chi connectivity index (χ1n) is 12.6. The Morgan fingerprint density at radius 1 is 0.914 bits per heavy atom. The Morgan fingerprint density at radius 3 is 2.14 bits per heavy atom. The number of para-hydroxylation sites is 2. The highest BCUT2D eigenvalue weighted by Crippen LogP contribution is 2.30. The Labute approximate surface area is 207 Å². The van der Waals surface area contributed by atoms with Crippen molar-refractivity contribution in [3.05, 3.63) is 95.6 Å². The molecule has 0 spiro atoms. The largest absolute Gasteiger partial charge is 0.506 e. The van der Waals surface area contributed by atoms with E-state index in [1.807, 2.05) is 42.5 Å². The van der Waals surface area contributed by atoms with Crippen LogP contribution >= 0.6 is 0 Å². The fraction of sp³-hybridized carbons (Fsp3) is 0.379. The van der Waals surface area contributed by atoms with Crippen molar-refractivity contribution in [3.8, 4) is 5.75 Å². The van der Waals surface area contributed by atoms with Crippen molar-refractivity contribution in [2.75, 3.05) is 31.6 Å². The highest BCUT2D eigenvalue weighted by atomic mass is 19.1. The Hall–Kier alpha value is -2.96. The second-order valence-corrected chi connectivity index (χ2v) is 9.35. The van der Waals surface area contributed by atoms with Gasteiger partial charge in [-0.3, -0.25) is 4.90 Å². The van der Waals surface area contributed by atoms with Gasteiger partial charge in [0.25, 0.3) is 0 Å². The summed E-state index contributed by atoms with van der Waals surface area (Å²) < 4.78 is 27.1. The first-order chi connectivity index (χ1) is 17.0. The molecule has 3 aromatic rings. The predicted molar refractivity (Wildman–Crippen MR) is 137 cm³/mol. The molecule has 0 amide bonds. The number of piperazine rings is 1. The van der Waals surface area contributed by atoms with Crippen molar-refractivity contribution in [1.82, 2.24) is 9.91 Å². The quantitative estimate of drug-likeness (QED) is 0.330. The zero-order valence-electron chi connectivity index (χ0n) is 20.3. The Morgan fingerprint density at radius 2 is 1.54 bits per heavy atom. The zero-order valence-corrected chi connectivity index (χ0v) is 20.3. The summed E-state index contributed by atoms with van der Waals surface area (Å²) in [5, 5.41) is 12.3. The molecule has 186 valence electrons. The lowest BCUT2D eigenvalue weighted by Crippen LogP contribution is -2.54. The maximum atomic E-state index is 13.5. The number of anilines is 1. The number of aromatic hydroxyl groups is 1. The summed E-state index contributed by atoms with van der Waals surface area (Å²) in [5.41, 5.74) is 6.22. The van der Waals surface area contributed by atoms with Gasteiger partial charge in [0.1, 0.15) is 17.4 Å². The molecule has 6 heteroatoms. The molecular weight excluding hydrogens is 444 g/mol. The molecule has 1 unspecified atom stereocenters. The van der Waals surface area contributed by atoms with Gasteiger partial charge in [0.15, 0.2) is 0 Å². The van der Waals surface area contributed by atoms with Crippen LogP contribution in [0, 0.1) is 11.6 Å². The number of hydrogen-bond acceptors (Lipinski definition) is 4. The molecule has 4 nitrogen and oxygen atoms in total. The molecule has 0 radical (unpaired) electrons. The highest BCUT2D eigenvalue weighted by molar-refractivity contribution is 5.54. The first-order valence-corrected chi connectivity index (χ1v) is 12.6. The molecule has 0 aromatic heterocycles. The number of halogens is 2. The van der Waals surface area contributed by atoms with Gasteiger partial charge in [0, 0.05) is 31.6 Å². The van der Waals surface area contributed by atoms with Gasteiger partial charge < -0.3 is 10.5 Å². The van der Waals surface area contributed by atoms with E-state index in [-0.39, 0.29) is 23.3 Å². The van der Waals surface area contributed by atoms with Crippen LogP contribution < -0.4 is 5.43 Å². The molecule has 1 aliphatic rings. The number of phenols is 1. The average Bonchev–Trinajstić information content (AvgIpc) is 2.86. The van der Waals surface area contributed by atoms with Crippen molar-refractivity contribution in [2.45, 2.75) is 44.6 Å². The predicted octanol–water partition coefficient (Wildman–Crippen LogP) is 6.40. The highest BCUT2D eigenvalue weighted by Gasteiger charge is 2.27. The minimum Gasteiger partial charge on any atom is -0.506 e. The summed E-state index contributed by atoms with van der Waals surface area (Å²) in [6, 6.07) is 21.1.